The second-order valence-electron chi connectivity index (χ2n) is 8.14. The Labute approximate surface area is 172 Å². The summed E-state index contributed by atoms with van der Waals surface area (Å²) in [5.74, 6) is -0.0152. The average molecular weight is 398 g/mol. The first-order valence-corrected chi connectivity index (χ1v) is 10.7. The molecule has 2 heterocycles. The van der Waals surface area contributed by atoms with Crippen molar-refractivity contribution in [2.45, 2.75) is 52.9 Å². The molecule has 2 aliphatic heterocycles. The first-order valence-electron chi connectivity index (χ1n) is 10.7. The van der Waals surface area contributed by atoms with Gasteiger partial charge in [0.05, 0.1) is 5.57 Å². The highest BCUT2D eigenvalue weighted by Gasteiger charge is 2.41. The summed E-state index contributed by atoms with van der Waals surface area (Å²) in [6.45, 7) is 7.81. The van der Waals surface area contributed by atoms with Crippen molar-refractivity contribution in [3.05, 3.63) is 35.5 Å². The maximum Gasteiger partial charge on any atom is 0.277 e. The number of carbonyl (C=O) groups is 3. The molecule has 1 saturated heterocycles. The van der Waals surface area contributed by atoms with Crippen molar-refractivity contribution in [3.63, 3.8) is 0 Å². The van der Waals surface area contributed by atoms with Crippen LogP contribution in [0.4, 0.5) is 5.69 Å². The fourth-order valence-electron chi connectivity index (χ4n) is 4.16. The van der Waals surface area contributed by atoms with E-state index in [0.29, 0.717) is 29.4 Å². The molecule has 2 aliphatic rings. The van der Waals surface area contributed by atoms with Crippen LogP contribution in [0, 0.1) is 5.92 Å². The van der Waals surface area contributed by atoms with E-state index < -0.39 is 0 Å². The number of piperidine rings is 1. The Kier molecular flexibility index (Phi) is 6.72. The first-order chi connectivity index (χ1) is 13.9. The number of nitrogens with zero attached hydrogens (tertiary/aromatic N) is 2. The lowest BCUT2D eigenvalue weighted by Crippen LogP contribution is -2.39. The van der Waals surface area contributed by atoms with Gasteiger partial charge in [0.25, 0.3) is 11.8 Å². The fourth-order valence-corrected chi connectivity index (χ4v) is 4.16. The summed E-state index contributed by atoms with van der Waals surface area (Å²) in [4.78, 5) is 41.3. The summed E-state index contributed by atoms with van der Waals surface area (Å²) >= 11 is 0. The van der Waals surface area contributed by atoms with Gasteiger partial charge in [-0.2, -0.15) is 0 Å². The van der Waals surface area contributed by atoms with Crippen LogP contribution in [0.1, 0.15) is 58.4 Å². The number of imide groups is 1. The summed E-state index contributed by atoms with van der Waals surface area (Å²) in [6.07, 6.45) is 5.03. The van der Waals surface area contributed by atoms with E-state index in [2.05, 4.69) is 24.1 Å². The largest absolute Gasteiger partial charge is 0.366 e. The summed E-state index contributed by atoms with van der Waals surface area (Å²) in [5.41, 5.74) is 2.44. The SMILES string of the molecule is CCCCCN1C(=O)C(c2ccc(NC(C)=O)cc2)=C(N2CCCC(C)C2)C1=O. The van der Waals surface area contributed by atoms with Crippen LogP contribution >= 0.6 is 0 Å². The highest BCUT2D eigenvalue weighted by Crippen LogP contribution is 2.34. The molecule has 1 atom stereocenters. The third-order valence-corrected chi connectivity index (χ3v) is 5.60. The molecule has 0 aliphatic carbocycles. The number of likely N-dealkylation sites (tertiary alicyclic amines) is 1. The van der Waals surface area contributed by atoms with E-state index in [4.69, 9.17) is 0 Å². The minimum absolute atomic E-state index is 0.144. The molecule has 0 radical (unpaired) electrons. The van der Waals surface area contributed by atoms with Crippen LogP contribution in [-0.4, -0.2) is 47.2 Å². The van der Waals surface area contributed by atoms with Gasteiger partial charge in [-0.05, 0) is 42.9 Å². The third-order valence-electron chi connectivity index (χ3n) is 5.60. The van der Waals surface area contributed by atoms with E-state index in [9.17, 15) is 14.4 Å². The zero-order valence-electron chi connectivity index (χ0n) is 17.7. The van der Waals surface area contributed by atoms with Gasteiger partial charge in [0, 0.05) is 32.2 Å². The molecule has 0 aromatic heterocycles. The molecule has 1 aromatic carbocycles. The summed E-state index contributed by atoms with van der Waals surface area (Å²) in [6, 6.07) is 7.18. The van der Waals surface area contributed by atoms with Gasteiger partial charge in [0.15, 0.2) is 0 Å². The Morgan fingerprint density at radius 2 is 1.86 bits per heavy atom. The Morgan fingerprint density at radius 3 is 2.48 bits per heavy atom. The van der Waals surface area contributed by atoms with Gasteiger partial charge in [0.1, 0.15) is 5.70 Å². The molecule has 29 heavy (non-hydrogen) atoms. The van der Waals surface area contributed by atoms with E-state index in [-0.39, 0.29) is 17.7 Å². The molecule has 3 rings (SSSR count). The van der Waals surface area contributed by atoms with E-state index in [1.165, 1.54) is 11.8 Å². The Bertz CT molecular complexity index is 813. The Balaban J connectivity index is 1.95. The molecule has 156 valence electrons. The summed E-state index contributed by atoms with van der Waals surface area (Å²) in [5, 5.41) is 2.74. The van der Waals surface area contributed by atoms with Crippen molar-refractivity contribution in [1.29, 1.82) is 0 Å². The number of anilines is 1. The lowest BCUT2D eigenvalue weighted by atomic mass is 9.97. The number of hydrogen-bond acceptors (Lipinski definition) is 4. The second-order valence-corrected chi connectivity index (χ2v) is 8.14. The van der Waals surface area contributed by atoms with Crippen LogP contribution in [-0.2, 0) is 14.4 Å². The van der Waals surface area contributed by atoms with Gasteiger partial charge < -0.3 is 10.2 Å². The van der Waals surface area contributed by atoms with E-state index in [0.717, 1.165) is 50.8 Å². The van der Waals surface area contributed by atoms with E-state index in [1.807, 2.05) is 12.1 Å². The van der Waals surface area contributed by atoms with Crippen LogP contribution in [0.15, 0.2) is 30.0 Å². The van der Waals surface area contributed by atoms with Crippen molar-refractivity contribution >= 4 is 29.0 Å². The van der Waals surface area contributed by atoms with Gasteiger partial charge in [0.2, 0.25) is 5.91 Å². The van der Waals surface area contributed by atoms with Crippen LogP contribution in [0.2, 0.25) is 0 Å². The van der Waals surface area contributed by atoms with Crippen molar-refractivity contribution in [2.75, 3.05) is 25.0 Å². The van der Waals surface area contributed by atoms with Crippen LogP contribution in [0.3, 0.4) is 0 Å². The molecular weight excluding hydrogens is 366 g/mol. The smallest absolute Gasteiger partial charge is 0.277 e. The number of benzene rings is 1. The molecule has 0 saturated carbocycles. The molecule has 3 amide bonds. The van der Waals surface area contributed by atoms with Gasteiger partial charge in [-0.15, -0.1) is 0 Å². The molecule has 1 fully saturated rings. The lowest BCUT2D eigenvalue weighted by Gasteiger charge is -2.33. The minimum Gasteiger partial charge on any atom is -0.366 e. The number of rotatable bonds is 7. The monoisotopic (exact) mass is 397 g/mol. The molecule has 0 spiro atoms. The van der Waals surface area contributed by atoms with E-state index >= 15 is 0 Å². The molecular formula is C23H31N3O3. The van der Waals surface area contributed by atoms with Crippen LogP contribution in [0.5, 0.6) is 0 Å². The highest BCUT2D eigenvalue weighted by molar-refractivity contribution is 6.35. The number of nitrogens with one attached hydrogen (secondary N) is 1. The molecule has 1 unspecified atom stereocenters. The summed E-state index contributed by atoms with van der Waals surface area (Å²) < 4.78 is 0. The summed E-state index contributed by atoms with van der Waals surface area (Å²) in [7, 11) is 0. The third kappa shape index (κ3) is 4.69. The minimum atomic E-state index is -0.202. The normalized spacial score (nSPS) is 19.9. The Morgan fingerprint density at radius 1 is 1.14 bits per heavy atom. The highest BCUT2D eigenvalue weighted by atomic mass is 16.2. The quantitative estimate of drug-likeness (QED) is 0.563. The number of amides is 3. The standard InChI is InChI=1S/C23H31N3O3/c1-4-5-6-14-26-22(28)20(18-9-11-19(12-10-18)24-17(3)27)21(23(26)29)25-13-7-8-16(2)15-25/h9-12,16H,4-8,13-15H2,1-3H3,(H,24,27). The van der Waals surface area contributed by atoms with Crippen molar-refractivity contribution in [1.82, 2.24) is 9.80 Å². The van der Waals surface area contributed by atoms with Gasteiger partial charge in [-0.1, -0.05) is 38.8 Å². The molecule has 6 nitrogen and oxygen atoms in total. The van der Waals surface area contributed by atoms with Gasteiger partial charge in [-0.3, -0.25) is 19.3 Å². The molecule has 0 bridgehead atoms. The fraction of sp³-hybridized carbons (Fsp3) is 0.522. The second kappa shape index (κ2) is 9.25. The Hall–Kier alpha value is -2.63. The van der Waals surface area contributed by atoms with Crippen LogP contribution in [0.25, 0.3) is 5.57 Å². The topological polar surface area (TPSA) is 69.7 Å². The number of unbranched alkanes of at least 4 members (excludes halogenated alkanes) is 2. The van der Waals surface area contributed by atoms with Crippen molar-refractivity contribution in [3.8, 4) is 0 Å². The zero-order valence-corrected chi connectivity index (χ0v) is 17.7. The predicted molar refractivity (Wildman–Crippen MR) is 114 cm³/mol. The molecule has 6 heteroatoms. The number of carbonyl (C=O) groups excluding carboxylic acids is 3. The van der Waals surface area contributed by atoms with E-state index in [1.54, 1.807) is 12.1 Å². The van der Waals surface area contributed by atoms with Gasteiger partial charge >= 0.3 is 0 Å². The number of hydrogen-bond donors (Lipinski definition) is 1. The maximum atomic E-state index is 13.3. The molecule has 1 aromatic rings. The van der Waals surface area contributed by atoms with Gasteiger partial charge in [-0.25, -0.2) is 0 Å². The van der Waals surface area contributed by atoms with Crippen LogP contribution < -0.4 is 5.32 Å². The van der Waals surface area contributed by atoms with Crippen molar-refractivity contribution in [2.24, 2.45) is 5.92 Å². The predicted octanol–water partition coefficient (Wildman–Crippen LogP) is 3.65. The molecule has 1 N–H and O–H groups in total. The lowest BCUT2D eigenvalue weighted by molar-refractivity contribution is -0.137. The first kappa shape index (κ1) is 21.1. The zero-order chi connectivity index (χ0) is 21.0. The average Bonchev–Trinajstić information content (AvgIpc) is 2.93. The maximum absolute atomic E-state index is 13.3. The van der Waals surface area contributed by atoms with Crippen molar-refractivity contribution < 1.29 is 14.4 Å².